The first kappa shape index (κ1) is 12.2. The molecule has 90 valence electrons. The minimum Gasteiger partial charge on any atom is -0.325 e. The molecule has 1 heterocycles. The predicted molar refractivity (Wildman–Crippen MR) is 72.9 cm³/mol. The van der Waals surface area contributed by atoms with E-state index in [1.807, 2.05) is 29.7 Å². The van der Waals surface area contributed by atoms with E-state index in [2.05, 4.69) is 36.3 Å². The molecule has 1 aromatic heterocycles. The predicted octanol–water partition coefficient (Wildman–Crippen LogP) is 2.66. The largest absolute Gasteiger partial charge is 0.325 e. The van der Waals surface area contributed by atoms with Crippen LogP contribution in [0, 0.1) is 0 Å². The number of hydrogen-bond acceptors (Lipinski definition) is 3. The molecule has 2 rings (SSSR count). The normalized spacial score (nSPS) is 10.8. The van der Waals surface area contributed by atoms with Crippen molar-refractivity contribution in [2.24, 2.45) is 12.8 Å². The van der Waals surface area contributed by atoms with Gasteiger partial charge in [-0.15, -0.1) is 11.8 Å². The van der Waals surface area contributed by atoms with Crippen LogP contribution in [0.25, 0.3) is 11.1 Å². The third-order valence-electron chi connectivity index (χ3n) is 2.57. The van der Waals surface area contributed by atoms with Gasteiger partial charge in [0, 0.05) is 30.2 Å². The fourth-order valence-electron chi connectivity index (χ4n) is 1.82. The molecule has 0 atom stereocenters. The Morgan fingerprint density at radius 3 is 2.59 bits per heavy atom. The maximum Gasteiger partial charge on any atom is 0.0838 e. The van der Waals surface area contributed by atoms with Crippen LogP contribution < -0.4 is 5.73 Å². The number of hydrogen-bond donors (Lipinski definition) is 1. The molecule has 0 saturated heterocycles. The molecule has 1 aromatic carbocycles. The average molecular weight is 247 g/mol. The van der Waals surface area contributed by atoms with Gasteiger partial charge in [0.25, 0.3) is 0 Å². The lowest BCUT2D eigenvalue weighted by atomic mass is 10.1. The molecular weight excluding hydrogens is 230 g/mol. The number of aryl methyl sites for hydroxylation is 1. The van der Waals surface area contributed by atoms with Crippen LogP contribution in [0.2, 0.25) is 0 Å². The first-order valence-electron chi connectivity index (χ1n) is 5.70. The van der Waals surface area contributed by atoms with Gasteiger partial charge in [0.1, 0.15) is 0 Å². The number of rotatable bonds is 4. The van der Waals surface area contributed by atoms with E-state index in [1.54, 1.807) is 0 Å². The average Bonchev–Trinajstić information content (AvgIpc) is 2.72. The third kappa shape index (κ3) is 2.70. The van der Waals surface area contributed by atoms with Crippen LogP contribution in [0.4, 0.5) is 0 Å². The fourth-order valence-corrected chi connectivity index (χ4v) is 2.49. The molecule has 4 heteroatoms. The second-order valence-electron chi connectivity index (χ2n) is 3.82. The van der Waals surface area contributed by atoms with Gasteiger partial charge in [-0.2, -0.15) is 5.10 Å². The van der Waals surface area contributed by atoms with Gasteiger partial charge in [0.15, 0.2) is 0 Å². The van der Waals surface area contributed by atoms with Gasteiger partial charge in [0.05, 0.1) is 5.69 Å². The van der Waals surface area contributed by atoms with Crippen molar-refractivity contribution in [2.75, 3.05) is 5.75 Å². The summed E-state index contributed by atoms with van der Waals surface area (Å²) in [7, 11) is 1.92. The van der Waals surface area contributed by atoms with Crippen LogP contribution in [0.5, 0.6) is 0 Å². The van der Waals surface area contributed by atoms with Crippen molar-refractivity contribution in [3.8, 4) is 11.1 Å². The van der Waals surface area contributed by atoms with Crippen molar-refractivity contribution in [1.29, 1.82) is 0 Å². The Balaban J connectivity index is 2.32. The lowest BCUT2D eigenvalue weighted by Crippen LogP contribution is -1.99. The van der Waals surface area contributed by atoms with Crippen LogP contribution in [0.1, 0.15) is 12.6 Å². The van der Waals surface area contributed by atoms with E-state index in [9.17, 15) is 0 Å². The highest BCUT2D eigenvalue weighted by molar-refractivity contribution is 7.99. The molecule has 2 N–H and O–H groups in total. The highest BCUT2D eigenvalue weighted by Gasteiger charge is 2.08. The number of nitrogens with two attached hydrogens (primary N) is 1. The number of benzene rings is 1. The monoisotopic (exact) mass is 247 g/mol. The smallest absolute Gasteiger partial charge is 0.0838 e. The van der Waals surface area contributed by atoms with E-state index in [1.165, 1.54) is 10.5 Å². The summed E-state index contributed by atoms with van der Waals surface area (Å²) in [6.45, 7) is 2.63. The summed E-state index contributed by atoms with van der Waals surface area (Å²) in [6, 6.07) is 8.57. The van der Waals surface area contributed by atoms with E-state index in [0.29, 0.717) is 6.54 Å². The van der Waals surface area contributed by atoms with Crippen LogP contribution in [-0.2, 0) is 13.6 Å². The molecule has 0 aliphatic heterocycles. The maximum atomic E-state index is 5.70. The highest BCUT2D eigenvalue weighted by atomic mass is 32.2. The van der Waals surface area contributed by atoms with Crippen molar-refractivity contribution < 1.29 is 0 Å². The Morgan fingerprint density at radius 2 is 2.00 bits per heavy atom. The summed E-state index contributed by atoms with van der Waals surface area (Å²) in [5, 5.41) is 4.35. The van der Waals surface area contributed by atoms with Gasteiger partial charge in [-0.25, -0.2) is 0 Å². The second-order valence-corrected chi connectivity index (χ2v) is 5.16. The summed E-state index contributed by atoms with van der Waals surface area (Å²) in [5.74, 6) is 1.10. The van der Waals surface area contributed by atoms with Crippen LogP contribution in [0.3, 0.4) is 0 Å². The zero-order valence-corrected chi connectivity index (χ0v) is 11.0. The Labute approximate surface area is 106 Å². The van der Waals surface area contributed by atoms with Gasteiger partial charge in [-0.3, -0.25) is 4.68 Å². The molecule has 0 amide bonds. The van der Waals surface area contributed by atoms with Crippen molar-refractivity contribution in [3.63, 3.8) is 0 Å². The molecule has 0 spiro atoms. The second kappa shape index (κ2) is 5.38. The molecule has 0 aliphatic rings. The van der Waals surface area contributed by atoms with E-state index in [4.69, 9.17) is 5.73 Å². The van der Waals surface area contributed by atoms with Crippen molar-refractivity contribution in [2.45, 2.75) is 18.4 Å². The summed E-state index contributed by atoms with van der Waals surface area (Å²) in [5.41, 5.74) is 8.95. The van der Waals surface area contributed by atoms with Gasteiger partial charge < -0.3 is 5.73 Å². The minimum absolute atomic E-state index is 0.474. The quantitative estimate of drug-likeness (QED) is 0.845. The summed E-state index contributed by atoms with van der Waals surface area (Å²) < 4.78 is 1.81. The first-order valence-corrected chi connectivity index (χ1v) is 6.69. The molecule has 0 fully saturated rings. The molecule has 17 heavy (non-hydrogen) atoms. The Bertz CT molecular complexity index is 488. The van der Waals surface area contributed by atoms with Gasteiger partial charge in [-0.05, 0) is 23.4 Å². The summed E-state index contributed by atoms with van der Waals surface area (Å²) >= 11 is 1.85. The molecule has 0 saturated carbocycles. The highest BCUT2D eigenvalue weighted by Crippen LogP contribution is 2.25. The standard InChI is InChI=1S/C13H17N3S/c1-3-17-11-6-4-10(5-7-11)12-9-16(2)15-13(12)8-14/h4-7,9H,3,8,14H2,1-2H3. The zero-order chi connectivity index (χ0) is 12.3. The van der Waals surface area contributed by atoms with E-state index in [-0.39, 0.29) is 0 Å². The van der Waals surface area contributed by atoms with Gasteiger partial charge in [-0.1, -0.05) is 19.1 Å². The van der Waals surface area contributed by atoms with E-state index in [0.717, 1.165) is 17.0 Å². The molecule has 0 bridgehead atoms. The van der Waals surface area contributed by atoms with Crippen LogP contribution in [0.15, 0.2) is 35.4 Å². The summed E-state index contributed by atoms with van der Waals surface area (Å²) in [6.07, 6.45) is 2.02. The molecule has 0 unspecified atom stereocenters. The Kier molecular flexibility index (Phi) is 3.86. The van der Waals surface area contributed by atoms with E-state index >= 15 is 0 Å². The van der Waals surface area contributed by atoms with Crippen molar-refractivity contribution >= 4 is 11.8 Å². The third-order valence-corrected chi connectivity index (χ3v) is 3.47. The molecule has 0 aliphatic carbocycles. The molecular formula is C13H17N3S. The minimum atomic E-state index is 0.474. The SMILES string of the molecule is CCSc1ccc(-c2cn(C)nc2CN)cc1. The first-order chi connectivity index (χ1) is 8.24. The Morgan fingerprint density at radius 1 is 1.29 bits per heavy atom. The molecule has 3 nitrogen and oxygen atoms in total. The van der Waals surface area contributed by atoms with Gasteiger partial charge in [0.2, 0.25) is 0 Å². The van der Waals surface area contributed by atoms with Crippen molar-refractivity contribution in [1.82, 2.24) is 9.78 Å². The molecule has 0 radical (unpaired) electrons. The van der Waals surface area contributed by atoms with E-state index < -0.39 is 0 Å². The fraction of sp³-hybridized carbons (Fsp3) is 0.308. The Hall–Kier alpha value is -1.26. The topological polar surface area (TPSA) is 43.8 Å². The number of nitrogens with zero attached hydrogens (tertiary/aromatic N) is 2. The van der Waals surface area contributed by atoms with Crippen LogP contribution in [-0.4, -0.2) is 15.5 Å². The lowest BCUT2D eigenvalue weighted by molar-refractivity contribution is 0.742. The van der Waals surface area contributed by atoms with Crippen molar-refractivity contribution in [3.05, 3.63) is 36.2 Å². The summed E-state index contributed by atoms with van der Waals surface area (Å²) in [4.78, 5) is 1.30. The maximum absolute atomic E-state index is 5.70. The van der Waals surface area contributed by atoms with Crippen LogP contribution >= 0.6 is 11.8 Å². The zero-order valence-electron chi connectivity index (χ0n) is 10.2. The number of thioether (sulfide) groups is 1. The van der Waals surface area contributed by atoms with Gasteiger partial charge >= 0.3 is 0 Å². The number of aromatic nitrogens is 2. The lowest BCUT2D eigenvalue weighted by Gasteiger charge is -2.02. The molecule has 2 aromatic rings.